The van der Waals surface area contributed by atoms with Crippen LogP contribution in [0.3, 0.4) is 0 Å². The molecule has 160 valence electrons. The molecule has 1 aromatic heterocycles. The van der Waals surface area contributed by atoms with Crippen molar-refractivity contribution in [1.82, 2.24) is 15.2 Å². The number of nitrogens with one attached hydrogen (secondary N) is 3. The molecule has 0 saturated heterocycles. The Morgan fingerprint density at radius 2 is 1.67 bits per heavy atom. The SMILES string of the molecule is Cc1ccc(NC(=O)CN(C)CC(=O)Nc2ccccc2C(=O)NCC(C)C)nc1. The van der Waals surface area contributed by atoms with Crippen LogP contribution in [0.15, 0.2) is 42.6 Å². The van der Waals surface area contributed by atoms with E-state index in [9.17, 15) is 14.4 Å². The van der Waals surface area contributed by atoms with Crippen molar-refractivity contribution in [3.05, 3.63) is 53.7 Å². The summed E-state index contributed by atoms with van der Waals surface area (Å²) in [5.74, 6) is -0.0358. The molecule has 0 unspecified atom stereocenters. The second-order valence-electron chi connectivity index (χ2n) is 7.64. The van der Waals surface area contributed by atoms with Crippen molar-refractivity contribution >= 4 is 29.2 Å². The number of nitrogens with zero attached hydrogens (tertiary/aromatic N) is 2. The second kappa shape index (κ2) is 11.1. The smallest absolute Gasteiger partial charge is 0.253 e. The van der Waals surface area contributed by atoms with E-state index in [1.165, 1.54) is 0 Å². The van der Waals surface area contributed by atoms with Crippen LogP contribution in [0, 0.1) is 12.8 Å². The fraction of sp³-hybridized carbons (Fsp3) is 0.364. The second-order valence-corrected chi connectivity index (χ2v) is 7.64. The molecule has 8 nitrogen and oxygen atoms in total. The lowest BCUT2D eigenvalue weighted by Crippen LogP contribution is -2.36. The van der Waals surface area contributed by atoms with Crippen molar-refractivity contribution in [3.8, 4) is 0 Å². The van der Waals surface area contributed by atoms with Gasteiger partial charge in [0.1, 0.15) is 5.82 Å². The lowest BCUT2D eigenvalue weighted by Gasteiger charge is -2.17. The molecule has 0 radical (unpaired) electrons. The van der Waals surface area contributed by atoms with Crippen LogP contribution in [0.5, 0.6) is 0 Å². The van der Waals surface area contributed by atoms with Gasteiger partial charge in [-0.25, -0.2) is 4.98 Å². The number of para-hydroxylation sites is 1. The van der Waals surface area contributed by atoms with Crippen LogP contribution in [-0.2, 0) is 9.59 Å². The van der Waals surface area contributed by atoms with Gasteiger partial charge in [-0.15, -0.1) is 0 Å². The molecule has 0 fully saturated rings. The van der Waals surface area contributed by atoms with Crippen LogP contribution in [0.4, 0.5) is 11.5 Å². The van der Waals surface area contributed by atoms with Crippen LogP contribution in [-0.4, -0.2) is 54.3 Å². The first-order valence-electron chi connectivity index (χ1n) is 9.82. The van der Waals surface area contributed by atoms with Gasteiger partial charge in [-0.2, -0.15) is 0 Å². The van der Waals surface area contributed by atoms with E-state index in [0.29, 0.717) is 29.5 Å². The van der Waals surface area contributed by atoms with E-state index in [0.717, 1.165) is 5.56 Å². The van der Waals surface area contributed by atoms with E-state index >= 15 is 0 Å². The van der Waals surface area contributed by atoms with E-state index in [2.05, 4.69) is 20.9 Å². The fourth-order valence-electron chi connectivity index (χ4n) is 2.64. The van der Waals surface area contributed by atoms with Gasteiger partial charge in [0.2, 0.25) is 11.8 Å². The number of likely N-dealkylation sites (N-methyl/N-ethyl adjacent to an activating group) is 1. The number of rotatable bonds is 9. The number of aryl methyl sites for hydroxylation is 1. The van der Waals surface area contributed by atoms with Crippen molar-refractivity contribution < 1.29 is 14.4 Å². The largest absolute Gasteiger partial charge is 0.352 e. The van der Waals surface area contributed by atoms with E-state index in [1.54, 1.807) is 48.5 Å². The third-order valence-corrected chi connectivity index (χ3v) is 4.12. The van der Waals surface area contributed by atoms with Gasteiger partial charge in [-0.1, -0.05) is 32.0 Å². The van der Waals surface area contributed by atoms with Crippen LogP contribution >= 0.6 is 0 Å². The number of anilines is 2. The Morgan fingerprint density at radius 1 is 1.00 bits per heavy atom. The first kappa shape index (κ1) is 23.0. The fourth-order valence-corrected chi connectivity index (χ4v) is 2.64. The van der Waals surface area contributed by atoms with Gasteiger partial charge in [0.25, 0.3) is 5.91 Å². The predicted molar refractivity (Wildman–Crippen MR) is 117 cm³/mol. The minimum atomic E-state index is -0.317. The Morgan fingerprint density at radius 3 is 2.30 bits per heavy atom. The highest BCUT2D eigenvalue weighted by molar-refractivity contribution is 6.04. The molecular formula is C22H29N5O3. The Hall–Kier alpha value is -3.26. The average molecular weight is 412 g/mol. The van der Waals surface area contributed by atoms with Gasteiger partial charge in [0, 0.05) is 12.7 Å². The summed E-state index contributed by atoms with van der Waals surface area (Å²) in [6.45, 7) is 6.51. The van der Waals surface area contributed by atoms with Crippen LogP contribution in [0.1, 0.15) is 29.8 Å². The number of carbonyl (C=O) groups is 3. The molecule has 3 amide bonds. The van der Waals surface area contributed by atoms with Crippen molar-refractivity contribution in [2.45, 2.75) is 20.8 Å². The summed E-state index contributed by atoms with van der Waals surface area (Å²) in [7, 11) is 1.67. The number of amides is 3. The van der Waals surface area contributed by atoms with Crippen molar-refractivity contribution in [2.75, 3.05) is 37.3 Å². The summed E-state index contributed by atoms with van der Waals surface area (Å²) in [5.41, 5.74) is 1.84. The Bertz CT molecular complexity index is 881. The highest BCUT2D eigenvalue weighted by Gasteiger charge is 2.15. The molecule has 0 aliphatic heterocycles. The molecule has 8 heteroatoms. The first-order chi connectivity index (χ1) is 14.2. The summed E-state index contributed by atoms with van der Waals surface area (Å²) in [4.78, 5) is 42.6. The molecule has 2 rings (SSSR count). The average Bonchev–Trinajstić information content (AvgIpc) is 2.68. The zero-order valence-corrected chi connectivity index (χ0v) is 17.9. The summed E-state index contributed by atoms with van der Waals surface area (Å²) in [6, 6.07) is 10.4. The predicted octanol–water partition coefficient (Wildman–Crippen LogP) is 2.28. The highest BCUT2D eigenvalue weighted by atomic mass is 16.2. The van der Waals surface area contributed by atoms with Crippen LogP contribution in [0.25, 0.3) is 0 Å². The normalized spacial score (nSPS) is 10.7. The van der Waals surface area contributed by atoms with Gasteiger partial charge in [0.15, 0.2) is 0 Å². The monoisotopic (exact) mass is 411 g/mol. The van der Waals surface area contributed by atoms with Gasteiger partial charge >= 0.3 is 0 Å². The molecule has 0 atom stereocenters. The maximum atomic E-state index is 12.4. The maximum absolute atomic E-state index is 12.4. The zero-order chi connectivity index (χ0) is 22.1. The molecule has 30 heavy (non-hydrogen) atoms. The standard InChI is InChI=1S/C22H29N5O3/c1-15(2)11-24-22(30)17-7-5-6-8-18(17)25-20(28)13-27(4)14-21(29)26-19-10-9-16(3)12-23-19/h5-10,12,15H,11,13-14H2,1-4H3,(H,24,30)(H,25,28)(H,23,26,29). The van der Waals surface area contributed by atoms with Gasteiger partial charge < -0.3 is 16.0 Å². The quantitative estimate of drug-likeness (QED) is 0.587. The van der Waals surface area contributed by atoms with E-state index < -0.39 is 0 Å². The molecule has 0 bridgehead atoms. The van der Waals surface area contributed by atoms with Crippen LogP contribution in [0.2, 0.25) is 0 Å². The number of carbonyl (C=O) groups excluding carboxylic acids is 3. The molecular weight excluding hydrogens is 382 g/mol. The lowest BCUT2D eigenvalue weighted by molar-refractivity contribution is -0.119. The van der Waals surface area contributed by atoms with Crippen molar-refractivity contribution in [3.63, 3.8) is 0 Å². The number of pyridine rings is 1. The summed E-state index contributed by atoms with van der Waals surface area (Å²) in [6.07, 6.45) is 1.67. The van der Waals surface area contributed by atoms with E-state index in [4.69, 9.17) is 0 Å². The Labute approximate surface area is 177 Å². The molecule has 0 aliphatic rings. The van der Waals surface area contributed by atoms with Crippen molar-refractivity contribution in [1.29, 1.82) is 0 Å². The third kappa shape index (κ3) is 7.63. The maximum Gasteiger partial charge on any atom is 0.253 e. The molecule has 0 spiro atoms. The minimum Gasteiger partial charge on any atom is -0.352 e. The third-order valence-electron chi connectivity index (χ3n) is 4.12. The molecule has 1 heterocycles. The topological polar surface area (TPSA) is 103 Å². The van der Waals surface area contributed by atoms with Crippen molar-refractivity contribution in [2.24, 2.45) is 5.92 Å². The summed E-state index contributed by atoms with van der Waals surface area (Å²) < 4.78 is 0. The Kier molecular flexibility index (Phi) is 8.49. The highest BCUT2D eigenvalue weighted by Crippen LogP contribution is 2.15. The summed E-state index contributed by atoms with van der Waals surface area (Å²) >= 11 is 0. The Balaban J connectivity index is 1.88. The summed E-state index contributed by atoms with van der Waals surface area (Å²) in [5, 5.41) is 8.29. The molecule has 0 saturated carbocycles. The van der Waals surface area contributed by atoms with E-state index in [-0.39, 0.29) is 30.8 Å². The number of hydrogen-bond acceptors (Lipinski definition) is 5. The first-order valence-corrected chi connectivity index (χ1v) is 9.82. The number of benzene rings is 1. The van der Waals surface area contributed by atoms with E-state index in [1.807, 2.05) is 26.8 Å². The van der Waals surface area contributed by atoms with Gasteiger partial charge in [0.05, 0.1) is 24.3 Å². The molecule has 2 aromatic rings. The van der Waals surface area contributed by atoms with Gasteiger partial charge in [-0.05, 0) is 43.7 Å². The number of aromatic nitrogens is 1. The van der Waals surface area contributed by atoms with Crippen LogP contribution < -0.4 is 16.0 Å². The lowest BCUT2D eigenvalue weighted by atomic mass is 10.1. The molecule has 1 aromatic carbocycles. The minimum absolute atomic E-state index is 0.00328. The van der Waals surface area contributed by atoms with Gasteiger partial charge in [-0.3, -0.25) is 19.3 Å². The molecule has 3 N–H and O–H groups in total. The number of hydrogen-bond donors (Lipinski definition) is 3. The zero-order valence-electron chi connectivity index (χ0n) is 17.9. The molecule has 0 aliphatic carbocycles.